The lowest BCUT2D eigenvalue weighted by atomic mass is 9.73. The summed E-state index contributed by atoms with van der Waals surface area (Å²) in [6.45, 7) is 3.29. The van der Waals surface area contributed by atoms with Gasteiger partial charge in [0.1, 0.15) is 0 Å². The number of ether oxygens (including phenoxy) is 3. The summed E-state index contributed by atoms with van der Waals surface area (Å²) in [6.07, 6.45) is 4.54. The van der Waals surface area contributed by atoms with Crippen LogP contribution in [0.1, 0.15) is 38.5 Å². The lowest BCUT2D eigenvalue weighted by Gasteiger charge is -2.38. The maximum absolute atomic E-state index is 8.62. The number of nitriles is 3. The minimum absolute atomic E-state index is 0.335. The molecule has 0 spiro atoms. The van der Waals surface area contributed by atoms with Gasteiger partial charge in [-0.3, -0.25) is 0 Å². The minimum atomic E-state index is 0.335. The summed E-state index contributed by atoms with van der Waals surface area (Å²) in [7, 11) is 0. The van der Waals surface area contributed by atoms with E-state index >= 15 is 0 Å². The van der Waals surface area contributed by atoms with E-state index in [1.807, 2.05) is 0 Å². The minimum Gasteiger partial charge on any atom is -0.380 e. The Labute approximate surface area is 144 Å². The first-order valence-electron chi connectivity index (χ1n) is 8.67. The molecule has 1 rings (SSSR count). The third kappa shape index (κ3) is 8.27. The second kappa shape index (κ2) is 13.8. The molecule has 2 unspecified atom stereocenters. The zero-order chi connectivity index (χ0) is 17.5. The van der Waals surface area contributed by atoms with Crippen LogP contribution in [0.25, 0.3) is 0 Å². The van der Waals surface area contributed by atoms with Crippen molar-refractivity contribution < 1.29 is 14.2 Å². The molecule has 0 radical (unpaired) electrons. The molecule has 0 bridgehead atoms. The van der Waals surface area contributed by atoms with Crippen LogP contribution in [0, 0.1) is 51.7 Å². The van der Waals surface area contributed by atoms with Crippen LogP contribution in [0.4, 0.5) is 0 Å². The standard InChI is InChI=1S/C18H27N3O3/c19-7-2-10-22-13-16-5-1-6-17(14-23-11-3-8-20)18(16)15-24-12-4-9-21/h16-18H,1-6,10-15H2. The molecule has 0 aromatic rings. The molecule has 0 N–H and O–H groups in total. The first-order chi connectivity index (χ1) is 11.8. The summed E-state index contributed by atoms with van der Waals surface area (Å²) in [6, 6.07) is 6.26. The molecule has 1 aliphatic rings. The maximum atomic E-state index is 8.62. The number of rotatable bonds is 12. The van der Waals surface area contributed by atoms with Crippen LogP contribution in [0.2, 0.25) is 0 Å². The van der Waals surface area contributed by atoms with Crippen LogP contribution < -0.4 is 0 Å². The molecule has 1 saturated carbocycles. The summed E-state index contributed by atoms with van der Waals surface area (Å²) in [5, 5.41) is 25.8. The quantitative estimate of drug-likeness (QED) is 0.509. The van der Waals surface area contributed by atoms with E-state index in [1.54, 1.807) is 0 Å². The predicted molar refractivity (Wildman–Crippen MR) is 87.5 cm³/mol. The Kier molecular flexibility index (Phi) is 11.7. The average Bonchev–Trinajstić information content (AvgIpc) is 2.60. The Morgan fingerprint density at radius 1 is 0.667 bits per heavy atom. The molecule has 6 heteroatoms. The molecular weight excluding hydrogens is 306 g/mol. The van der Waals surface area contributed by atoms with Gasteiger partial charge in [0.05, 0.1) is 63.9 Å². The zero-order valence-corrected chi connectivity index (χ0v) is 14.3. The van der Waals surface area contributed by atoms with Crippen molar-refractivity contribution in [3.05, 3.63) is 0 Å². The SMILES string of the molecule is N#CCCOCC1CCCC(COCCC#N)C1COCCC#N. The maximum Gasteiger partial charge on any atom is 0.0645 e. The third-order valence-corrected chi connectivity index (χ3v) is 4.41. The summed E-state index contributed by atoms with van der Waals surface area (Å²) < 4.78 is 17.0. The highest BCUT2D eigenvalue weighted by Crippen LogP contribution is 2.35. The van der Waals surface area contributed by atoms with Crippen LogP contribution in [-0.2, 0) is 14.2 Å². The highest BCUT2D eigenvalue weighted by atomic mass is 16.5. The second-order valence-electron chi connectivity index (χ2n) is 6.06. The molecule has 0 aromatic heterocycles. The fourth-order valence-corrected chi connectivity index (χ4v) is 3.18. The molecule has 1 aliphatic carbocycles. The van der Waals surface area contributed by atoms with E-state index in [2.05, 4.69) is 18.2 Å². The van der Waals surface area contributed by atoms with E-state index in [0.717, 1.165) is 19.3 Å². The van der Waals surface area contributed by atoms with Gasteiger partial charge < -0.3 is 14.2 Å². The van der Waals surface area contributed by atoms with Gasteiger partial charge in [-0.2, -0.15) is 15.8 Å². The Morgan fingerprint density at radius 2 is 1.08 bits per heavy atom. The van der Waals surface area contributed by atoms with Gasteiger partial charge >= 0.3 is 0 Å². The van der Waals surface area contributed by atoms with E-state index < -0.39 is 0 Å². The molecule has 24 heavy (non-hydrogen) atoms. The number of nitrogens with zero attached hydrogens (tertiary/aromatic N) is 3. The summed E-state index contributed by atoms with van der Waals surface area (Å²) >= 11 is 0. The van der Waals surface area contributed by atoms with Crippen molar-refractivity contribution in [1.82, 2.24) is 0 Å². The molecule has 0 aliphatic heterocycles. The molecule has 0 heterocycles. The molecule has 0 aromatic carbocycles. The average molecular weight is 333 g/mol. The van der Waals surface area contributed by atoms with Gasteiger partial charge in [-0.1, -0.05) is 6.42 Å². The first-order valence-corrected chi connectivity index (χ1v) is 8.67. The second-order valence-corrected chi connectivity index (χ2v) is 6.06. The van der Waals surface area contributed by atoms with Gasteiger partial charge in [-0.05, 0) is 30.6 Å². The number of hydrogen-bond donors (Lipinski definition) is 0. The van der Waals surface area contributed by atoms with Crippen LogP contribution in [0.5, 0.6) is 0 Å². The van der Waals surface area contributed by atoms with Crippen LogP contribution in [0.15, 0.2) is 0 Å². The summed E-state index contributed by atoms with van der Waals surface area (Å²) in [5.74, 6) is 1.12. The highest BCUT2D eigenvalue weighted by Gasteiger charge is 2.33. The fraction of sp³-hybridized carbons (Fsp3) is 0.833. The van der Waals surface area contributed by atoms with E-state index in [-0.39, 0.29) is 0 Å². The molecule has 0 saturated heterocycles. The van der Waals surface area contributed by atoms with Gasteiger partial charge in [0, 0.05) is 13.2 Å². The highest BCUT2D eigenvalue weighted by molar-refractivity contribution is 4.83. The van der Waals surface area contributed by atoms with Gasteiger partial charge in [0.2, 0.25) is 0 Å². The monoisotopic (exact) mass is 333 g/mol. The Bertz CT molecular complexity index is 420. The van der Waals surface area contributed by atoms with E-state index in [0.29, 0.717) is 76.7 Å². The van der Waals surface area contributed by atoms with Crippen LogP contribution >= 0.6 is 0 Å². The van der Waals surface area contributed by atoms with Crippen molar-refractivity contribution >= 4 is 0 Å². The molecule has 2 atom stereocenters. The van der Waals surface area contributed by atoms with Crippen molar-refractivity contribution in [2.45, 2.75) is 38.5 Å². The fourth-order valence-electron chi connectivity index (χ4n) is 3.18. The lowest BCUT2D eigenvalue weighted by molar-refractivity contribution is -0.0348. The van der Waals surface area contributed by atoms with Gasteiger partial charge in [-0.15, -0.1) is 0 Å². The zero-order valence-electron chi connectivity index (χ0n) is 14.3. The predicted octanol–water partition coefficient (Wildman–Crippen LogP) is 2.81. The van der Waals surface area contributed by atoms with Crippen LogP contribution in [0.3, 0.4) is 0 Å². The smallest absolute Gasteiger partial charge is 0.0645 e. The van der Waals surface area contributed by atoms with Crippen molar-refractivity contribution in [3.63, 3.8) is 0 Å². The summed E-state index contributed by atoms with van der Waals surface area (Å²) in [4.78, 5) is 0. The van der Waals surface area contributed by atoms with E-state index in [4.69, 9.17) is 30.0 Å². The Morgan fingerprint density at radius 3 is 1.50 bits per heavy atom. The van der Waals surface area contributed by atoms with Crippen molar-refractivity contribution in [1.29, 1.82) is 15.8 Å². The Balaban J connectivity index is 2.50. The Hall–Kier alpha value is -1.65. The van der Waals surface area contributed by atoms with Crippen molar-refractivity contribution in [3.8, 4) is 18.2 Å². The van der Waals surface area contributed by atoms with Gasteiger partial charge in [0.25, 0.3) is 0 Å². The number of hydrogen-bond acceptors (Lipinski definition) is 6. The van der Waals surface area contributed by atoms with E-state index in [9.17, 15) is 0 Å². The van der Waals surface area contributed by atoms with Crippen LogP contribution in [-0.4, -0.2) is 39.6 Å². The van der Waals surface area contributed by atoms with Gasteiger partial charge in [0.15, 0.2) is 0 Å². The van der Waals surface area contributed by atoms with Crippen molar-refractivity contribution in [2.75, 3.05) is 39.6 Å². The third-order valence-electron chi connectivity index (χ3n) is 4.41. The summed E-state index contributed by atoms with van der Waals surface area (Å²) in [5.41, 5.74) is 0. The molecule has 132 valence electrons. The normalized spacial score (nSPS) is 23.1. The van der Waals surface area contributed by atoms with E-state index in [1.165, 1.54) is 0 Å². The first kappa shape index (κ1) is 20.4. The van der Waals surface area contributed by atoms with Crippen molar-refractivity contribution in [2.24, 2.45) is 17.8 Å². The lowest BCUT2D eigenvalue weighted by Crippen LogP contribution is -2.37. The largest absolute Gasteiger partial charge is 0.380 e. The molecule has 1 fully saturated rings. The topological polar surface area (TPSA) is 99.1 Å². The molecule has 6 nitrogen and oxygen atoms in total. The molecule has 0 amide bonds. The molecular formula is C18H27N3O3. The van der Waals surface area contributed by atoms with Gasteiger partial charge in [-0.25, -0.2) is 0 Å².